The molecule has 3 heteroatoms. The van der Waals surface area contributed by atoms with Crippen molar-refractivity contribution in [2.24, 2.45) is 23.7 Å². The third-order valence-corrected chi connectivity index (χ3v) is 4.55. The van der Waals surface area contributed by atoms with Gasteiger partial charge in [-0.15, -0.1) is 0 Å². The van der Waals surface area contributed by atoms with Crippen LogP contribution in [0, 0.1) is 23.7 Å². The van der Waals surface area contributed by atoms with E-state index in [1.54, 1.807) is 0 Å². The lowest BCUT2D eigenvalue weighted by atomic mass is 9.61. The van der Waals surface area contributed by atoms with E-state index in [1.807, 2.05) is 6.08 Å². The third-order valence-electron chi connectivity index (χ3n) is 4.55. The molecule has 0 aromatic heterocycles. The number of rotatable bonds is 2. The predicted octanol–water partition coefficient (Wildman–Crippen LogP) is 2.62. The van der Waals surface area contributed by atoms with Gasteiger partial charge in [-0.2, -0.15) is 0 Å². The molecule has 0 radical (unpaired) electrons. The van der Waals surface area contributed by atoms with Gasteiger partial charge in [0.15, 0.2) is 0 Å². The summed E-state index contributed by atoms with van der Waals surface area (Å²) in [5, 5.41) is 19.4. The van der Waals surface area contributed by atoms with Crippen LogP contribution in [0.5, 0.6) is 0 Å². The Morgan fingerprint density at radius 2 is 2.17 bits per heavy atom. The van der Waals surface area contributed by atoms with Crippen LogP contribution in [-0.4, -0.2) is 22.3 Å². The van der Waals surface area contributed by atoms with Crippen molar-refractivity contribution in [3.8, 4) is 0 Å². The quantitative estimate of drug-likeness (QED) is 0.741. The molecule has 0 amide bonds. The molecule has 0 aromatic carbocycles. The fourth-order valence-electron chi connectivity index (χ4n) is 3.59. The van der Waals surface area contributed by atoms with Gasteiger partial charge in [-0.1, -0.05) is 32.1 Å². The van der Waals surface area contributed by atoms with Crippen molar-refractivity contribution in [1.82, 2.24) is 0 Å². The van der Waals surface area contributed by atoms with Crippen molar-refractivity contribution in [3.05, 3.63) is 23.8 Å². The summed E-state index contributed by atoms with van der Waals surface area (Å²) in [5.41, 5.74) is 1.45. The molecule has 2 aliphatic carbocycles. The Kier molecular flexibility index (Phi) is 3.62. The first kappa shape index (κ1) is 13.3. The molecule has 4 atom stereocenters. The normalized spacial score (nSPS) is 36.2. The molecular weight excluding hydrogens is 228 g/mol. The number of carboxylic acid groups (broad SMARTS) is 1. The number of aliphatic carboxylic acids is 1. The molecule has 18 heavy (non-hydrogen) atoms. The Balaban J connectivity index is 2.36. The minimum Gasteiger partial charge on any atom is -0.478 e. The first-order chi connectivity index (χ1) is 8.41. The molecule has 0 spiro atoms. The van der Waals surface area contributed by atoms with Crippen LogP contribution >= 0.6 is 0 Å². The minimum atomic E-state index is -0.897. The number of aliphatic hydroxyl groups excluding tert-OH is 1. The molecule has 100 valence electrons. The minimum absolute atomic E-state index is 0.0502. The van der Waals surface area contributed by atoms with Crippen LogP contribution in [0.2, 0.25) is 0 Å². The molecule has 0 bridgehead atoms. The molecule has 0 heterocycles. The van der Waals surface area contributed by atoms with Gasteiger partial charge >= 0.3 is 5.97 Å². The molecule has 2 N–H and O–H groups in total. The van der Waals surface area contributed by atoms with Gasteiger partial charge in [0.1, 0.15) is 0 Å². The number of hydrogen-bond acceptors (Lipinski definition) is 2. The molecule has 3 nitrogen and oxygen atoms in total. The molecule has 0 aliphatic heterocycles. The highest BCUT2D eigenvalue weighted by Crippen LogP contribution is 2.47. The average molecular weight is 250 g/mol. The van der Waals surface area contributed by atoms with Crippen molar-refractivity contribution in [1.29, 1.82) is 0 Å². The summed E-state index contributed by atoms with van der Waals surface area (Å²) in [4.78, 5) is 11.1. The van der Waals surface area contributed by atoms with Crippen LogP contribution in [0.1, 0.15) is 33.1 Å². The lowest BCUT2D eigenvalue weighted by molar-refractivity contribution is -0.133. The summed E-state index contributed by atoms with van der Waals surface area (Å²) in [6.45, 7) is 8.42. The first-order valence-electron chi connectivity index (χ1n) is 6.71. The number of aliphatic hydroxyl groups is 1. The lowest BCUT2D eigenvalue weighted by Crippen LogP contribution is -2.41. The lowest BCUT2D eigenvalue weighted by Gasteiger charge is -2.45. The Morgan fingerprint density at radius 3 is 2.72 bits per heavy atom. The Bertz CT molecular complexity index is 395. The molecule has 1 saturated carbocycles. The molecule has 0 aromatic rings. The highest BCUT2D eigenvalue weighted by molar-refractivity contribution is 5.87. The van der Waals surface area contributed by atoms with Crippen molar-refractivity contribution >= 4 is 5.97 Å². The zero-order chi connectivity index (χ0) is 13.4. The maximum Gasteiger partial charge on any atom is 0.331 e. The monoisotopic (exact) mass is 250 g/mol. The van der Waals surface area contributed by atoms with Gasteiger partial charge in [-0.3, -0.25) is 0 Å². The van der Waals surface area contributed by atoms with E-state index in [1.165, 1.54) is 0 Å². The summed E-state index contributed by atoms with van der Waals surface area (Å²) in [7, 11) is 0. The van der Waals surface area contributed by atoms with Crippen molar-refractivity contribution in [2.75, 3.05) is 0 Å². The molecule has 0 saturated heterocycles. The highest BCUT2D eigenvalue weighted by atomic mass is 16.4. The topological polar surface area (TPSA) is 57.5 Å². The van der Waals surface area contributed by atoms with E-state index in [0.29, 0.717) is 17.4 Å². The van der Waals surface area contributed by atoms with E-state index in [2.05, 4.69) is 20.4 Å². The zero-order valence-corrected chi connectivity index (χ0v) is 11.1. The van der Waals surface area contributed by atoms with E-state index < -0.39 is 12.1 Å². The number of hydrogen-bond donors (Lipinski definition) is 2. The third kappa shape index (κ3) is 2.24. The van der Waals surface area contributed by atoms with Crippen molar-refractivity contribution < 1.29 is 15.0 Å². The Labute approximate surface area is 108 Å². The van der Waals surface area contributed by atoms with Gasteiger partial charge in [0.2, 0.25) is 0 Å². The fraction of sp³-hybridized carbons (Fsp3) is 0.667. The van der Waals surface area contributed by atoms with Crippen LogP contribution in [0.3, 0.4) is 0 Å². The predicted molar refractivity (Wildman–Crippen MR) is 70.0 cm³/mol. The number of allylic oxidation sites excluding steroid dienone is 1. The van der Waals surface area contributed by atoms with Crippen LogP contribution in [0.4, 0.5) is 0 Å². The summed E-state index contributed by atoms with van der Waals surface area (Å²) in [6.07, 6.45) is 3.56. The number of carboxylic acids is 1. The van der Waals surface area contributed by atoms with E-state index >= 15 is 0 Å². The van der Waals surface area contributed by atoms with E-state index in [-0.39, 0.29) is 18.3 Å². The van der Waals surface area contributed by atoms with Crippen LogP contribution in [-0.2, 0) is 4.79 Å². The Morgan fingerprint density at radius 1 is 1.50 bits per heavy atom. The first-order valence-corrected chi connectivity index (χ1v) is 6.71. The number of fused-ring (bicyclic) bond motifs is 1. The van der Waals surface area contributed by atoms with Gasteiger partial charge in [-0.25, -0.2) is 4.79 Å². The second kappa shape index (κ2) is 4.88. The summed E-state index contributed by atoms with van der Waals surface area (Å²) < 4.78 is 0. The van der Waals surface area contributed by atoms with Crippen LogP contribution in [0.15, 0.2) is 23.8 Å². The van der Waals surface area contributed by atoms with Gasteiger partial charge in [0.25, 0.3) is 0 Å². The molecule has 2 rings (SSSR count). The number of carbonyl (C=O) groups is 1. The maximum absolute atomic E-state index is 11.1. The standard InChI is InChI=1S/C15H22O3/c1-8(2)11-5-4-9(3)14-12(11)6-10(15(17)18)7-13(14)16/h6,8,11-14,16H,3-5,7H2,1-2H3,(H,17,18)/t11-,12-,13-,14-/m1/s1. The van der Waals surface area contributed by atoms with Crippen LogP contribution in [0.25, 0.3) is 0 Å². The zero-order valence-electron chi connectivity index (χ0n) is 11.1. The summed E-state index contributed by atoms with van der Waals surface area (Å²) in [5.74, 6) is 0.244. The van der Waals surface area contributed by atoms with Crippen molar-refractivity contribution in [2.45, 2.75) is 39.2 Å². The SMILES string of the molecule is C=C1CC[C@H](C(C)C)[C@H]2C=C(C(=O)O)C[C@@H](O)[C@H]12. The van der Waals surface area contributed by atoms with E-state index in [4.69, 9.17) is 5.11 Å². The van der Waals surface area contributed by atoms with Gasteiger partial charge in [-0.05, 0) is 30.6 Å². The molecule has 1 fully saturated rings. The molecule has 2 aliphatic rings. The highest BCUT2D eigenvalue weighted by Gasteiger charge is 2.42. The van der Waals surface area contributed by atoms with E-state index in [0.717, 1.165) is 18.4 Å². The van der Waals surface area contributed by atoms with E-state index in [9.17, 15) is 9.90 Å². The Hall–Kier alpha value is -1.09. The second-order valence-corrected chi connectivity index (χ2v) is 5.98. The smallest absolute Gasteiger partial charge is 0.331 e. The van der Waals surface area contributed by atoms with Gasteiger partial charge in [0.05, 0.1) is 6.10 Å². The second-order valence-electron chi connectivity index (χ2n) is 5.98. The van der Waals surface area contributed by atoms with Crippen molar-refractivity contribution in [3.63, 3.8) is 0 Å². The summed E-state index contributed by atoms with van der Waals surface area (Å²) >= 11 is 0. The van der Waals surface area contributed by atoms with Gasteiger partial charge in [0, 0.05) is 17.9 Å². The fourth-order valence-corrected chi connectivity index (χ4v) is 3.59. The van der Waals surface area contributed by atoms with Gasteiger partial charge < -0.3 is 10.2 Å². The average Bonchev–Trinajstić information content (AvgIpc) is 2.27. The molecular formula is C15H22O3. The maximum atomic E-state index is 11.1. The summed E-state index contributed by atoms with van der Waals surface area (Å²) in [6, 6.07) is 0. The molecule has 0 unspecified atom stereocenters. The van der Waals surface area contributed by atoms with Crippen LogP contribution < -0.4 is 0 Å². The largest absolute Gasteiger partial charge is 0.478 e.